The quantitative estimate of drug-likeness (QED) is 0.568. The van der Waals surface area contributed by atoms with Gasteiger partial charge in [0.05, 0.1) is 0 Å². The van der Waals surface area contributed by atoms with E-state index in [4.69, 9.17) is 11.6 Å². The topological polar surface area (TPSA) is 6.48 Å². The van der Waals surface area contributed by atoms with Gasteiger partial charge in [-0.2, -0.15) is 0 Å². The van der Waals surface area contributed by atoms with Crippen molar-refractivity contribution >= 4 is 11.6 Å². The van der Waals surface area contributed by atoms with Gasteiger partial charge in [-0.25, -0.2) is 4.39 Å². The van der Waals surface area contributed by atoms with Crippen LogP contribution in [-0.4, -0.2) is 42.5 Å². The molecule has 30 heavy (non-hydrogen) atoms. The van der Waals surface area contributed by atoms with Crippen molar-refractivity contribution in [2.24, 2.45) is 0 Å². The maximum Gasteiger partial charge on any atom is 0.128 e. The van der Waals surface area contributed by atoms with E-state index < -0.39 is 0 Å². The van der Waals surface area contributed by atoms with Crippen LogP contribution in [0.4, 0.5) is 4.39 Å². The highest BCUT2D eigenvalue weighted by atomic mass is 35.5. The Morgan fingerprint density at radius 3 is 2.37 bits per heavy atom. The predicted octanol–water partition coefficient (Wildman–Crippen LogP) is 5.70. The summed E-state index contributed by atoms with van der Waals surface area (Å²) in [6.07, 6.45) is 5.63. The zero-order valence-electron chi connectivity index (χ0n) is 17.5. The molecule has 0 saturated carbocycles. The molecule has 2 saturated heterocycles. The largest absolute Gasteiger partial charge is 0.302 e. The molecule has 4 rings (SSSR count). The van der Waals surface area contributed by atoms with E-state index in [9.17, 15) is 4.39 Å². The first-order valence-electron chi connectivity index (χ1n) is 11.1. The van der Waals surface area contributed by atoms with Crippen LogP contribution in [0.25, 0.3) is 0 Å². The van der Waals surface area contributed by atoms with E-state index >= 15 is 0 Å². The van der Waals surface area contributed by atoms with Crippen LogP contribution in [0, 0.1) is 17.7 Å². The third kappa shape index (κ3) is 5.85. The molecule has 2 nitrogen and oxygen atoms in total. The summed E-state index contributed by atoms with van der Waals surface area (Å²) in [5.41, 5.74) is 2.96. The Bertz CT molecular complexity index is 885. The van der Waals surface area contributed by atoms with E-state index in [2.05, 4.69) is 33.8 Å². The first-order valence-corrected chi connectivity index (χ1v) is 11.5. The maximum absolute atomic E-state index is 14.4. The number of hydrogen-bond acceptors (Lipinski definition) is 2. The van der Waals surface area contributed by atoms with E-state index in [-0.39, 0.29) is 5.82 Å². The van der Waals surface area contributed by atoms with Crippen LogP contribution in [0.2, 0.25) is 5.02 Å². The van der Waals surface area contributed by atoms with Crippen molar-refractivity contribution in [1.29, 1.82) is 0 Å². The minimum Gasteiger partial charge on any atom is -0.302 e. The first kappa shape index (κ1) is 21.4. The molecule has 2 heterocycles. The Hall–Kier alpha value is -1.86. The Labute approximate surface area is 185 Å². The monoisotopic (exact) mass is 424 g/mol. The van der Waals surface area contributed by atoms with Crippen LogP contribution >= 0.6 is 11.6 Å². The molecule has 0 unspecified atom stereocenters. The number of nitrogens with zero attached hydrogens (tertiary/aromatic N) is 2. The van der Waals surface area contributed by atoms with E-state index in [0.29, 0.717) is 12.5 Å². The summed E-state index contributed by atoms with van der Waals surface area (Å²) < 4.78 is 14.4. The molecule has 2 fully saturated rings. The summed E-state index contributed by atoms with van der Waals surface area (Å²) in [4.78, 5) is 4.81. The smallest absolute Gasteiger partial charge is 0.128 e. The summed E-state index contributed by atoms with van der Waals surface area (Å²) in [5.74, 6) is 6.88. The van der Waals surface area contributed by atoms with Crippen molar-refractivity contribution < 1.29 is 4.39 Å². The van der Waals surface area contributed by atoms with Crippen molar-refractivity contribution in [3.05, 3.63) is 70.0 Å². The first-order chi connectivity index (χ1) is 14.7. The number of hydrogen-bond donors (Lipinski definition) is 0. The molecule has 0 spiro atoms. The molecule has 2 aromatic carbocycles. The van der Waals surface area contributed by atoms with E-state index in [1.54, 1.807) is 6.07 Å². The van der Waals surface area contributed by atoms with E-state index in [1.165, 1.54) is 31.2 Å². The van der Waals surface area contributed by atoms with Gasteiger partial charge in [-0.05, 0) is 87.6 Å². The number of benzene rings is 2. The summed E-state index contributed by atoms with van der Waals surface area (Å²) in [7, 11) is 0. The Balaban J connectivity index is 1.21. The normalized spacial score (nSPS) is 18.3. The van der Waals surface area contributed by atoms with Gasteiger partial charge >= 0.3 is 0 Å². The van der Waals surface area contributed by atoms with Crippen molar-refractivity contribution in [3.63, 3.8) is 0 Å². The van der Waals surface area contributed by atoms with Crippen LogP contribution in [0.1, 0.15) is 54.7 Å². The van der Waals surface area contributed by atoms with E-state index in [1.807, 2.05) is 24.3 Å². The second-order valence-electron chi connectivity index (χ2n) is 8.51. The van der Waals surface area contributed by atoms with Gasteiger partial charge in [-0.1, -0.05) is 41.6 Å². The SMILES string of the molecule is Fc1cc(C#CCCN2CCC(c3ccc(Cl)cc3)CC2)ccc1CN1CCCC1. The van der Waals surface area contributed by atoms with Gasteiger partial charge in [-0.3, -0.25) is 4.90 Å². The van der Waals surface area contributed by atoms with Crippen LogP contribution in [0.15, 0.2) is 42.5 Å². The predicted molar refractivity (Wildman–Crippen MR) is 122 cm³/mol. The highest BCUT2D eigenvalue weighted by Gasteiger charge is 2.20. The van der Waals surface area contributed by atoms with E-state index in [0.717, 1.165) is 55.3 Å². The third-order valence-corrected chi connectivity index (χ3v) is 6.61. The molecular formula is C26H30ClFN2. The average Bonchev–Trinajstić information content (AvgIpc) is 3.27. The number of halogens is 2. The van der Waals surface area contributed by atoms with Gasteiger partial charge < -0.3 is 4.90 Å². The van der Waals surface area contributed by atoms with Gasteiger partial charge in [0.25, 0.3) is 0 Å². The minimum absolute atomic E-state index is 0.127. The molecular weight excluding hydrogens is 395 g/mol. The van der Waals surface area contributed by atoms with Gasteiger partial charge in [0.2, 0.25) is 0 Å². The molecule has 2 aliphatic heterocycles. The Morgan fingerprint density at radius 1 is 0.933 bits per heavy atom. The maximum atomic E-state index is 14.4. The molecule has 2 aromatic rings. The van der Waals surface area contributed by atoms with Gasteiger partial charge in [0, 0.05) is 35.7 Å². The highest BCUT2D eigenvalue weighted by Crippen LogP contribution is 2.28. The molecule has 158 valence electrons. The number of likely N-dealkylation sites (tertiary alicyclic amines) is 2. The van der Waals surface area contributed by atoms with Gasteiger partial charge in [0.1, 0.15) is 5.82 Å². The third-order valence-electron chi connectivity index (χ3n) is 6.36. The molecule has 0 radical (unpaired) electrons. The average molecular weight is 425 g/mol. The fraction of sp³-hybridized carbons (Fsp3) is 0.462. The fourth-order valence-electron chi connectivity index (χ4n) is 4.54. The lowest BCUT2D eigenvalue weighted by atomic mass is 9.89. The lowest BCUT2D eigenvalue weighted by Gasteiger charge is -2.31. The molecule has 2 aliphatic rings. The second-order valence-corrected chi connectivity index (χ2v) is 8.95. The standard InChI is InChI=1S/C26H30ClFN2/c27-25-10-8-22(9-11-25)23-12-17-29(18-13-23)14-2-1-5-21-6-7-24(26(28)19-21)20-30-15-3-4-16-30/h6-11,19,23H,2-4,12-18,20H2. The van der Waals surface area contributed by atoms with Crippen LogP contribution in [0.3, 0.4) is 0 Å². The van der Waals surface area contributed by atoms with Crippen LogP contribution < -0.4 is 0 Å². The molecule has 0 atom stereocenters. The lowest BCUT2D eigenvalue weighted by molar-refractivity contribution is 0.217. The van der Waals surface area contributed by atoms with Crippen molar-refractivity contribution in [3.8, 4) is 11.8 Å². The highest BCUT2D eigenvalue weighted by molar-refractivity contribution is 6.30. The minimum atomic E-state index is -0.127. The fourth-order valence-corrected chi connectivity index (χ4v) is 4.66. The molecule has 0 amide bonds. The summed E-state index contributed by atoms with van der Waals surface area (Å²) in [6, 6.07) is 13.7. The number of piperidine rings is 1. The van der Waals surface area contributed by atoms with Crippen molar-refractivity contribution in [1.82, 2.24) is 9.80 Å². The Kier molecular flexibility index (Phi) is 7.44. The summed E-state index contributed by atoms with van der Waals surface area (Å²) in [6.45, 7) is 6.07. The van der Waals surface area contributed by atoms with Gasteiger partial charge in [0.15, 0.2) is 0 Å². The zero-order valence-corrected chi connectivity index (χ0v) is 18.3. The molecule has 4 heteroatoms. The summed E-state index contributed by atoms with van der Waals surface area (Å²) >= 11 is 6.00. The Morgan fingerprint density at radius 2 is 1.67 bits per heavy atom. The molecule has 0 bridgehead atoms. The lowest BCUT2D eigenvalue weighted by Crippen LogP contribution is -2.33. The molecule has 0 aromatic heterocycles. The van der Waals surface area contributed by atoms with Crippen LogP contribution in [0.5, 0.6) is 0 Å². The summed E-state index contributed by atoms with van der Waals surface area (Å²) in [5, 5.41) is 0.802. The number of rotatable bonds is 5. The van der Waals surface area contributed by atoms with Crippen molar-refractivity contribution in [2.45, 2.75) is 44.6 Å². The van der Waals surface area contributed by atoms with Gasteiger partial charge in [-0.15, -0.1) is 0 Å². The second kappa shape index (κ2) is 10.4. The zero-order chi connectivity index (χ0) is 20.8. The van der Waals surface area contributed by atoms with Crippen LogP contribution in [-0.2, 0) is 6.54 Å². The van der Waals surface area contributed by atoms with Crippen molar-refractivity contribution in [2.75, 3.05) is 32.7 Å². The molecule has 0 aliphatic carbocycles. The molecule has 0 N–H and O–H groups in total.